The Balaban J connectivity index is 2.32. The number of thiophene rings is 1. The first-order valence-electron chi connectivity index (χ1n) is 5.31. The van der Waals surface area contributed by atoms with Crippen LogP contribution in [0.1, 0.15) is 9.67 Å². The maximum Gasteiger partial charge on any atom is 0.345 e. The fraction of sp³-hybridized carbons (Fsp3) is 0.0909. The van der Waals surface area contributed by atoms with Crippen molar-refractivity contribution in [2.75, 3.05) is 4.72 Å². The molecule has 0 saturated carbocycles. The van der Waals surface area contributed by atoms with Crippen molar-refractivity contribution in [1.82, 2.24) is 4.57 Å². The van der Waals surface area contributed by atoms with Crippen LogP contribution in [0.5, 0.6) is 0 Å². The zero-order chi connectivity index (χ0) is 14.9. The summed E-state index contributed by atoms with van der Waals surface area (Å²) in [5, 5.41) is 10.0. The van der Waals surface area contributed by atoms with Gasteiger partial charge in [0.1, 0.15) is 4.88 Å². The molecule has 0 unspecified atom stereocenters. The summed E-state index contributed by atoms with van der Waals surface area (Å²) in [5.74, 6) is -1.18. The Morgan fingerprint density at radius 2 is 2.10 bits per heavy atom. The van der Waals surface area contributed by atoms with Crippen molar-refractivity contribution in [1.29, 1.82) is 0 Å². The number of pyridine rings is 1. The number of carboxylic acids is 1. The first-order chi connectivity index (χ1) is 9.29. The molecule has 0 spiro atoms. The van der Waals surface area contributed by atoms with Crippen LogP contribution < -0.4 is 10.3 Å². The summed E-state index contributed by atoms with van der Waals surface area (Å²) in [7, 11) is -2.38. The number of sulfonamides is 1. The van der Waals surface area contributed by atoms with E-state index >= 15 is 0 Å². The number of nitrogens with one attached hydrogen (secondary N) is 1. The molecule has 0 amide bonds. The van der Waals surface area contributed by atoms with Gasteiger partial charge in [0.2, 0.25) is 5.56 Å². The lowest BCUT2D eigenvalue weighted by atomic mass is 10.4. The van der Waals surface area contributed by atoms with E-state index in [0.29, 0.717) is 0 Å². The SMILES string of the molecule is Cn1cc(NS(=O)(=O)c2csc(C(=O)O)c2)ccc1=O. The molecular formula is C11H10N2O5S2. The van der Waals surface area contributed by atoms with Gasteiger partial charge in [-0.05, 0) is 12.1 Å². The summed E-state index contributed by atoms with van der Waals surface area (Å²) in [5.41, 5.74) is -0.0492. The second-order valence-electron chi connectivity index (χ2n) is 3.92. The van der Waals surface area contributed by atoms with Crippen LogP contribution in [-0.2, 0) is 17.1 Å². The van der Waals surface area contributed by atoms with E-state index in [4.69, 9.17) is 5.11 Å². The molecule has 2 rings (SSSR count). The van der Waals surface area contributed by atoms with E-state index in [9.17, 15) is 18.0 Å². The van der Waals surface area contributed by atoms with E-state index in [0.717, 1.165) is 17.4 Å². The normalized spacial score (nSPS) is 11.2. The fourth-order valence-electron chi connectivity index (χ4n) is 1.44. The van der Waals surface area contributed by atoms with E-state index in [-0.39, 0.29) is 21.0 Å². The van der Waals surface area contributed by atoms with Crippen LogP contribution in [0.25, 0.3) is 0 Å². The van der Waals surface area contributed by atoms with Gasteiger partial charge in [0, 0.05) is 24.7 Å². The number of hydrogen-bond donors (Lipinski definition) is 2. The van der Waals surface area contributed by atoms with Crippen LogP contribution >= 0.6 is 11.3 Å². The maximum atomic E-state index is 12.0. The minimum Gasteiger partial charge on any atom is -0.477 e. The first kappa shape index (κ1) is 14.3. The van der Waals surface area contributed by atoms with E-state index in [1.165, 1.54) is 35.3 Å². The van der Waals surface area contributed by atoms with Crippen molar-refractivity contribution < 1.29 is 18.3 Å². The van der Waals surface area contributed by atoms with Crippen LogP contribution in [-0.4, -0.2) is 24.1 Å². The van der Waals surface area contributed by atoms with E-state index < -0.39 is 16.0 Å². The van der Waals surface area contributed by atoms with Gasteiger partial charge >= 0.3 is 5.97 Å². The Bertz CT molecular complexity index is 819. The lowest BCUT2D eigenvalue weighted by molar-refractivity contribution is 0.0702. The highest BCUT2D eigenvalue weighted by Gasteiger charge is 2.18. The van der Waals surface area contributed by atoms with Crippen molar-refractivity contribution in [3.63, 3.8) is 0 Å². The molecule has 2 N–H and O–H groups in total. The second kappa shape index (κ2) is 5.10. The monoisotopic (exact) mass is 314 g/mol. The Hall–Kier alpha value is -2.13. The number of rotatable bonds is 4. The highest BCUT2D eigenvalue weighted by molar-refractivity contribution is 7.92. The number of aromatic nitrogens is 1. The number of nitrogens with zero attached hydrogens (tertiary/aromatic N) is 1. The summed E-state index contributed by atoms with van der Waals surface area (Å²) in [6, 6.07) is 3.65. The van der Waals surface area contributed by atoms with Gasteiger partial charge in [-0.2, -0.15) is 0 Å². The predicted octanol–water partition coefficient (Wildman–Crippen LogP) is 0.946. The first-order valence-corrected chi connectivity index (χ1v) is 7.67. The van der Waals surface area contributed by atoms with Gasteiger partial charge in [0.25, 0.3) is 10.0 Å². The highest BCUT2D eigenvalue weighted by atomic mass is 32.2. The van der Waals surface area contributed by atoms with Crippen molar-refractivity contribution >= 4 is 33.0 Å². The Morgan fingerprint density at radius 1 is 1.40 bits per heavy atom. The van der Waals surface area contributed by atoms with Crippen LogP contribution in [0.3, 0.4) is 0 Å². The molecular weight excluding hydrogens is 304 g/mol. The summed E-state index contributed by atoms with van der Waals surface area (Å²) in [6.07, 6.45) is 1.34. The topological polar surface area (TPSA) is 105 Å². The highest BCUT2D eigenvalue weighted by Crippen LogP contribution is 2.21. The summed E-state index contributed by atoms with van der Waals surface area (Å²) in [6.45, 7) is 0. The molecule has 2 heterocycles. The van der Waals surface area contributed by atoms with E-state index in [2.05, 4.69) is 4.72 Å². The molecule has 106 valence electrons. The van der Waals surface area contributed by atoms with Gasteiger partial charge in [0.05, 0.1) is 10.6 Å². The molecule has 0 saturated heterocycles. The average molecular weight is 314 g/mol. The zero-order valence-electron chi connectivity index (χ0n) is 10.2. The molecule has 7 nitrogen and oxygen atoms in total. The standard InChI is InChI=1S/C11H10N2O5S2/c1-13-5-7(2-3-10(13)14)12-20(17,18)8-4-9(11(15)16)19-6-8/h2-6,12H,1H3,(H,15,16). The molecule has 0 aliphatic carbocycles. The second-order valence-corrected chi connectivity index (χ2v) is 6.52. The Kier molecular flexibility index (Phi) is 3.64. The van der Waals surface area contributed by atoms with Crippen molar-refractivity contribution in [3.05, 3.63) is 45.0 Å². The number of carbonyl (C=O) groups is 1. The molecule has 0 atom stereocenters. The van der Waals surface area contributed by atoms with Gasteiger partial charge in [-0.15, -0.1) is 11.3 Å². The van der Waals surface area contributed by atoms with Crippen molar-refractivity contribution in [2.45, 2.75) is 4.90 Å². The number of hydrogen-bond acceptors (Lipinski definition) is 5. The quantitative estimate of drug-likeness (QED) is 0.874. The fourth-order valence-corrected chi connectivity index (χ4v) is 3.59. The molecule has 0 aliphatic rings. The predicted molar refractivity (Wildman–Crippen MR) is 73.8 cm³/mol. The lowest BCUT2D eigenvalue weighted by Crippen LogP contribution is -2.18. The number of carboxylic acid groups (broad SMARTS) is 1. The van der Waals surface area contributed by atoms with Crippen LogP contribution in [0.15, 0.2) is 39.5 Å². The van der Waals surface area contributed by atoms with E-state index in [1.807, 2.05) is 0 Å². The van der Waals surface area contributed by atoms with Gasteiger partial charge in [-0.25, -0.2) is 13.2 Å². The lowest BCUT2D eigenvalue weighted by Gasteiger charge is -2.07. The van der Waals surface area contributed by atoms with Gasteiger partial charge in [-0.1, -0.05) is 0 Å². The number of aromatic carboxylic acids is 1. The molecule has 20 heavy (non-hydrogen) atoms. The summed E-state index contributed by atoms with van der Waals surface area (Å²) >= 11 is 0.827. The molecule has 0 aliphatic heterocycles. The number of anilines is 1. The third-order valence-electron chi connectivity index (χ3n) is 2.43. The van der Waals surface area contributed by atoms with Gasteiger partial charge in [-0.3, -0.25) is 9.52 Å². The maximum absolute atomic E-state index is 12.0. The van der Waals surface area contributed by atoms with Gasteiger partial charge < -0.3 is 9.67 Å². The van der Waals surface area contributed by atoms with Crippen LogP contribution in [0, 0.1) is 0 Å². The molecule has 0 radical (unpaired) electrons. The minimum atomic E-state index is -3.87. The summed E-state index contributed by atoms with van der Waals surface area (Å²) in [4.78, 5) is 21.8. The largest absolute Gasteiger partial charge is 0.477 e. The molecule has 2 aromatic rings. The van der Waals surface area contributed by atoms with Gasteiger partial charge in [0.15, 0.2) is 0 Å². The van der Waals surface area contributed by atoms with Crippen LogP contribution in [0.2, 0.25) is 0 Å². The molecule has 9 heteroatoms. The molecule has 0 aromatic carbocycles. The zero-order valence-corrected chi connectivity index (χ0v) is 11.9. The third kappa shape index (κ3) is 2.89. The van der Waals surface area contributed by atoms with Crippen molar-refractivity contribution in [3.8, 4) is 0 Å². The Morgan fingerprint density at radius 3 is 2.65 bits per heavy atom. The number of aryl methyl sites for hydroxylation is 1. The van der Waals surface area contributed by atoms with Crippen LogP contribution in [0.4, 0.5) is 5.69 Å². The molecule has 0 bridgehead atoms. The average Bonchev–Trinajstić information content (AvgIpc) is 2.84. The summed E-state index contributed by atoms with van der Waals surface area (Å²) < 4.78 is 27.6. The van der Waals surface area contributed by atoms with Crippen molar-refractivity contribution in [2.24, 2.45) is 7.05 Å². The van der Waals surface area contributed by atoms with E-state index in [1.54, 1.807) is 0 Å². The smallest absolute Gasteiger partial charge is 0.345 e. The molecule has 2 aromatic heterocycles. The molecule has 0 fully saturated rings. The Labute approximate surface area is 118 Å². The third-order valence-corrected chi connectivity index (χ3v) is 4.86. The minimum absolute atomic E-state index is 0.0640.